The second-order valence-corrected chi connectivity index (χ2v) is 9.81. The van der Waals surface area contributed by atoms with Crippen LogP contribution >= 0.6 is 22.9 Å². The Bertz CT molecular complexity index is 1100. The van der Waals surface area contributed by atoms with Crippen molar-refractivity contribution in [3.63, 3.8) is 0 Å². The molecule has 5 rings (SSSR count). The van der Waals surface area contributed by atoms with Crippen LogP contribution in [0.1, 0.15) is 59.6 Å². The summed E-state index contributed by atoms with van der Waals surface area (Å²) in [5, 5.41) is 16.0. The van der Waals surface area contributed by atoms with Crippen LogP contribution in [0.2, 0.25) is 5.02 Å². The van der Waals surface area contributed by atoms with Crippen LogP contribution in [0.4, 0.5) is 0 Å². The number of benzene rings is 2. The molecule has 0 saturated heterocycles. The average Bonchev–Trinajstić information content (AvgIpc) is 3.59. The van der Waals surface area contributed by atoms with Crippen LogP contribution in [0, 0.1) is 0 Å². The van der Waals surface area contributed by atoms with Gasteiger partial charge in [-0.2, -0.15) is 0 Å². The molecule has 2 aromatic carbocycles. The van der Waals surface area contributed by atoms with E-state index >= 15 is 0 Å². The summed E-state index contributed by atoms with van der Waals surface area (Å²) in [5.74, 6) is 0.909. The summed E-state index contributed by atoms with van der Waals surface area (Å²) in [6, 6.07) is 23.3. The molecule has 2 aromatic heterocycles. The first kappa shape index (κ1) is 21.3. The summed E-state index contributed by atoms with van der Waals surface area (Å²) >= 11 is 8.03. The van der Waals surface area contributed by atoms with Gasteiger partial charge in [-0.3, -0.25) is 4.90 Å². The fourth-order valence-electron chi connectivity index (χ4n) is 4.62. The van der Waals surface area contributed by atoms with Crippen molar-refractivity contribution in [2.24, 2.45) is 0 Å². The molecule has 0 spiro atoms. The first-order valence-corrected chi connectivity index (χ1v) is 12.4. The molecular formula is C25H26ClN5S. The molecule has 1 saturated carbocycles. The SMILES string of the molecule is Clc1ccc([C@H](c2nnnn2C2CCCC2)N(Cc2ccccc2)Cc2cccs2)cc1. The van der Waals surface area contributed by atoms with E-state index in [1.165, 1.54) is 23.3 Å². The standard InChI is InChI=1S/C25H26ClN5S/c26-21-14-12-20(13-15-21)24(25-27-28-29-31(25)22-9-4-5-10-22)30(18-23-11-6-16-32-23)17-19-7-2-1-3-8-19/h1-3,6-8,11-16,22,24H,4-5,9-10,17-18H2/t24-/m1/s1. The number of nitrogens with zero attached hydrogens (tertiary/aromatic N) is 5. The van der Waals surface area contributed by atoms with E-state index in [9.17, 15) is 0 Å². The minimum absolute atomic E-state index is 0.0785. The molecule has 1 fully saturated rings. The summed E-state index contributed by atoms with van der Waals surface area (Å²) < 4.78 is 2.08. The molecule has 2 heterocycles. The average molecular weight is 464 g/mol. The van der Waals surface area contributed by atoms with Gasteiger partial charge in [0.2, 0.25) is 0 Å². The van der Waals surface area contributed by atoms with Crippen molar-refractivity contribution in [1.29, 1.82) is 0 Å². The Morgan fingerprint density at radius 3 is 2.47 bits per heavy atom. The maximum absolute atomic E-state index is 6.24. The number of halogens is 1. The number of hydrogen-bond acceptors (Lipinski definition) is 5. The number of rotatable bonds is 8. The molecule has 1 atom stereocenters. The molecule has 5 nitrogen and oxygen atoms in total. The molecule has 0 N–H and O–H groups in total. The van der Waals surface area contributed by atoms with Gasteiger partial charge in [0.05, 0.1) is 12.1 Å². The largest absolute Gasteiger partial charge is 0.280 e. The third-order valence-corrected chi connectivity index (χ3v) is 7.26. The monoisotopic (exact) mass is 463 g/mol. The molecule has 164 valence electrons. The third kappa shape index (κ3) is 4.77. The van der Waals surface area contributed by atoms with Crippen molar-refractivity contribution in [1.82, 2.24) is 25.1 Å². The van der Waals surface area contributed by atoms with Gasteiger partial charge in [-0.15, -0.1) is 16.4 Å². The van der Waals surface area contributed by atoms with Crippen LogP contribution in [0.3, 0.4) is 0 Å². The van der Waals surface area contributed by atoms with Crippen molar-refractivity contribution in [3.8, 4) is 0 Å². The van der Waals surface area contributed by atoms with Crippen molar-refractivity contribution in [2.45, 2.75) is 50.9 Å². The van der Waals surface area contributed by atoms with Crippen LogP contribution < -0.4 is 0 Å². The van der Waals surface area contributed by atoms with Crippen LogP contribution in [0.5, 0.6) is 0 Å². The van der Waals surface area contributed by atoms with Crippen LogP contribution in [-0.4, -0.2) is 25.1 Å². The van der Waals surface area contributed by atoms with E-state index < -0.39 is 0 Å². The maximum Gasteiger partial charge on any atom is 0.173 e. The predicted molar refractivity (Wildman–Crippen MR) is 129 cm³/mol. The van der Waals surface area contributed by atoms with Gasteiger partial charge in [0.15, 0.2) is 5.82 Å². The van der Waals surface area contributed by atoms with Crippen LogP contribution in [-0.2, 0) is 13.1 Å². The van der Waals surface area contributed by atoms with Gasteiger partial charge in [0, 0.05) is 23.0 Å². The highest BCUT2D eigenvalue weighted by atomic mass is 35.5. The van der Waals surface area contributed by atoms with Crippen molar-refractivity contribution < 1.29 is 0 Å². The second-order valence-electron chi connectivity index (χ2n) is 8.34. The maximum atomic E-state index is 6.24. The highest BCUT2D eigenvalue weighted by molar-refractivity contribution is 7.09. The van der Waals surface area contributed by atoms with E-state index in [0.29, 0.717) is 6.04 Å². The van der Waals surface area contributed by atoms with E-state index in [0.717, 1.165) is 42.3 Å². The molecule has 0 unspecified atom stereocenters. The molecular weight excluding hydrogens is 438 g/mol. The van der Waals surface area contributed by atoms with Crippen molar-refractivity contribution in [3.05, 3.63) is 99.0 Å². The third-order valence-electron chi connectivity index (χ3n) is 6.15. The Morgan fingerprint density at radius 2 is 1.75 bits per heavy atom. The molecule has 0 bridgehead atoms. The van der Waals surface area contributed by atoms with E-state index in [1.807, 2.05) is 12.1 Å². The summed E-state index contributed by atoms with van der Waals surface area (Å²) in [6.45, 7) is 1.61. The normalized spacial score (nSPS) is 15.4. The van der Waals surface area contributed by atoms with Gasteiger partial charge < -0.3 is 0 Å². The van der Waals surface area contributed by atoms with E-state index in [-0.39, 0.29) is 6.04 Å². The Hall–Kier alpha value is -2.54. The lowest BCUT2D eigenvalue weighted by Crippen LogP contribution is -2.31. The van der Waals surface area contributed by atoms with Gasteiger partial charge in [-0.05, 0) is 58.0 Å². The lowest BCUT2D eigenvalue weighted by Gasteiger charge is -2.32. The quantitative estimate of drug-likeness (QED) is 0.308. The van der Waals surface area contributed by atoms with E-state index in [2.05, 4.69) is 85.1 Å². The zero-order chi connectivity index (χ0) is 21.8. The highest BCUT2D eigenvalue weighted by Gasteiger charge is 2.31. The number of hydrogen-bond donors (Lipinski definition) is 0. The van der Waals surface area contributed by atoms with Crippen molar-refractivity contribution >= 4 is 22.9 Å². The zero-order valence-corrected chi connectivity index (χ0v) is 19.4. The molecule has 0 aliphatic heterocycles. The molecule has 0 amide bonds. The molecule has 1 aliphatic rings. The highest BCUT2D eigenvalue weighted by Crippen LogP contribution is 2.36. The summed E-state index contributed by atoms with van der Waals surface area (Å²) in [7, 11) is 0. The zero-order valence-electron chi connectivity index (χ0n) is 17.8. The fraction of sp³-hybridized carbons (Fsp3) is 0.320. The lowest BCUT2D eigenvalue weighted by atomic mass is 10.0. The number of tetrazole rings is 1. The van der Waals surface area contributed by atoms with Crippen LogP contribution in [0.25, 0.3) is 0 Å². The number of thiophene rings is 1. The second kappa shape index (κ2) is 9.94. The molecule has 32 heavy (non-hydrogen) atoms. The first-order chi connectivity index (χ1) is 15.8. The Balaban J connectivity index is 1.59. The van der Waals surface area contributed by atoms with E-state index in [4.69, 9.17) is 11.6 Å². The Labute approximate surface area is 197 Å². The molecule has 7 heteroatoms. The van der Waals surface area contributed by atoms with Crippen LogP contribution in [0.15, 0.2) is 72.1 Å². The summed E-state index contributed by atoms with van der Waals surface area (Å²) in [4.78, 5) is 3.79. The Kier molecular flexibility index (Phi) is 6.62. The molecule has 0 radical (unpaired) electrons. The lowest BCUT2D eigenvalue weighted by molar-refractivity contribution is 0.193. The predicted octanol–water partition coefficient (Wildman–Crippen LogP) is 6.29. The minimum atomic E-state index is -0.0785. The topological polar surface area (TPSA) is 46.8 Å². The fourth-order valence-corrected chi connectivity index (χ4v) is 5.47. The van der Waals surface area contributed by atoms with Gasteiger partial charge >= 0.3 is 0 Å². The van der Waals surface area contributed by atoms with Gasteiger partial charge in [-0.1, -0.05) is 73.0 Å². The van der Waals surface area contributed by atoms with Crippen molar-refractivity contribution in [2.75, 3.05) is 0 Å². The summed E-state index contributed by atoms with van der Waals surface area (Å²) in [5.41, 5.74) is 2.42. The van der Waals surface area contributed by atoms with Gasteiger partial charge in [0.25, 0.3) is 0 Å². The minimum Gasteiger partial charge on any atom is -0.280 e. The smallest absolute Gasteiger partial charge is 0.173 e. The van der Waals surface area contributed by atoms with Gasteiger partial charge in [0.1, 0.15) is 0 Å². The number of aromatic nitrogens is 4. The molecule has 4 aromatic rings. The summed E-state index contributed by atoms with van der Waals surface area (Å²) in [6.07, 6.45) is 4.74. The molecule has 1 aliphatic carbocycles. The van der Waals surface area contributed by atoms with Gasteiger partial charge in [-0.25, -0.2) is 4.68 Å². The Morgan fingerprint density at radius 1 is 0.969 bits per heavy atom. The first-order valence-electron chi connectivity index (χ1n) is 11.1. The van der Waals surface area contributed by atoms with E-state index in [1.54, 1.807) is 11.3 Å².